The molecule has 4 rings (SSSR count). The van der Waals surface area contributed by atoms with Gasteiger partial charge in [-0.15, -0.1) is 10.2 Å². The van der Waals surface area contributed by atoms with Crippen LogP contribution in [0.25, 0.3) is 26.6 Å². The van der Waals surface area contributed by atoms with Crippen molar-refractivity contribution in [3.8, 4) is 11.4 Å². The second kappa shape index (κ2) is 4.15. The van der Waals surface area contributed by atoms with Crippen LogP contribution in [-0.2, 0) is 0 Å². The maximum atomic E-state index is 4.38. The van der Waals surface area contributed by atoms with Crippen molar-refractivity contribution < 1.29 is 0 Å². The fourth-order valence-electron chi connectivity index (χ4n) is 2.67. The second-order valence-electron chi connectivity index (χ2n) is 5.09. The summed E-state index contributed by atoms with van der Waals surface area (Å²) in [5, 5.41) is 8.70. The van der Waals surface area contributed by atoms with Crippen molar-refractivity contribution in [1.29, 1.82) is 0 Å². The van der Waals surface area contributed by atoms with Crippen LogP contribution in [0.5, 0.6) is 0 Å². The van der Waals surface area contributed by atoms with Crippen LogP contribution in [0.4, 0.5) is 0 Å². The minimum absolute atomic E-state index is 0.921. The van der Waals surface area contributed by atoms with Crippen molar-refractivity contribution in [2.45, 2.75) is 13.8 Å². The molecule has 20 heavy (non-hydrogen) atoms. The number of benzene rings is 2. The Morgan fingerprint density at radius 2 is 1.70 bits per heavy atom. The normalized spacial score (nSPS) is 11.5. The maximum Gasteiger partial charge on any atom is 0.217 e. The van der Waals surface area contributed by atoms with E-state index >= 15 is 0 Å². The molecule has 0 N–H and O–H groups in total. The number of rotatable bonds is 1. The Hall–Kier alpha value is -2.20. The Bertz CT molecular complexity index is 913. The predicted octanol–water partition coefficient (Wildman–Crippen LogP) is 4.23. The number of hydrogen-bond acceptors (Lipinski definition) is 3. The van der Waals surface area contributed by atoms with Gasteiger partial charge in [0.1, 0.15) is 0 Å². The number of aryl methyl sites for hydroxylation is 2. The van der Waals surface area contributed by atoms with Gasteiger partial charge in [0.25, 0.3) is 0 Å². The molecule has 0 fully saturated rings. The first-order chi connectivity index (χ1) is 9.72. The summed E-state index contributed by atoms with van der Waals surface area (Å²) in [7, 11) is 0. The number of fused-ring (bicyclic) bond motifs is 3. The first-order valence-corrected chi connectivity index (χ1v) is 7.35. The maximum absolute atomic E-state index is 4.38. The fourth-order valence-corrected chi connectivity index (χ4v) is 3.64. The highest BCUT2D eigenvalue weighted by molar-refractivity contribution is 7.23. The van der Waals surface area contributed by atoms with Gasteiger partial charge in [-0.2, -0.15) is 0 Å². The summed E-state index contributed by atoms with van der Waals surface area (Å²) in [5.41, 5.74) is 4.79. The second-order valence-corrected chi connectivity index (χ2v) is 6.10. The third-order valence-electron chi connectivity index (χ3n) is 3.42. The number of nitrogens with zero attached hydrogens (tertiary/aromatic N) is 3. The Balaban J connectivity index is 2.08. The van der Waals surface area contributed by atoms with E-state index < -0.39 is 0 Å². The zero-order chi connectivity index (χ0) is 13.7. The average molecular weight is 279 g/mol. The van der Waals surface area contributed by atoms with E-state index in [0.29, 0.717) is 0 Å². The number of hydrogen-bond donors (Lipinski definition) is 0. The molecule has 2 aromatic heterocycles. The van der Waals surface area contributed by atoms with Crippen molar-refractivity contribution in [1.82, 2.24) is 14.6 Å². The van der Waals surface area contributed by atoms with Crippen LogP contribution >= 0.6 is 11.3 Å². The lowest BCUT2D eigenvalue weighted by Gasteiger charge is -2.03. The molecule has 0 spiro atoms. The zero-order valence-electron chi connectivity index (χ0n) is 11.3. The average Bonchev–Trinajstić information content (AvgIpc) is 2.95. The Morgan fingerprint density at radius 3 is 2.50 bits per heavy atom. The lowest BCUT2D eigenvalue weighted by Crippen LogP contribution is -1.89. The summed E-state index contributed by atoms with van der Waals surface area (Å²) in [6, 6.07) is 14.9. The topological polar surface area (TPSA) is 30.2 Å². The van der Waals surface area contributed by atoms with Crippen LogP contribution < -0.4 is 0 Å². The number of para-hydroxylation sites is 1. The van der Waals surface area contributed by atoms with Crippen LogP contribution in [0.1, 0.15) is 11.1 Å². The smallest absolute Gasteiger partial charge is 0.217 e. The van der Waals surface area contributed by atoms with E-state index in [2.05, 4.69) is 70.9 Å². The number of aromatic nitrogens is 3. The summed E-state index contributed by atoms with van der Waals surface area (Å²) in [5.74, 6) is 0.921. The molecule has 3 nitrogen and oxygen atoms in total. The lowest BCUT2D eigenvalue weighted by molar-refractivity contribution is 1.11. The molecule has 0 aliphatic rings. The van der Waals surface area contributed by atoms with Crippen LogP contribution in [-0.4, -0.2) is 14.6 Å². The van der Waals surface area contributed by atoms with E-state index in [4.69, 9.17) is 0 Å². The molecule has 2 aromatic carbocycles. The highest BCUT2D eigenvalue weighted by Gasteiger charge is 2.13. The molecular formula is C16H13N3S. The molecule has 0 amide bonds. The van der Waals surface area contributed by atoms with Gasteiger partial charge in [-0.3, -0.25) is 4.40 Å². The largest absolute Gasteiger partial charge is 0.265 e. The van der Waals surface area contributed by atoms with Crippen molar-refractivity contribution in [3.63, 3.8) is 0 Å². The molecule has 0 bridgehead atoms. The van der Waals surface area contributed by atoms with Crippen LogP contribution in [0, 0.1) is 13.8 Å². The molecule has 0 unspecified atom stereocenters. The first kappa shape index (κ1) is 11.6. The van der Waals surface area contributed by atoms with Gasteiger partial charge in [-0.05, 0) is 38.1 Å². The highest BCUT2D eigenvalue weighted by atomic mass is 32.1. The SMILES string of the molecule is Cc1cc(C)cc(-c2nnc3sc4ccccc4n23)c1. The molecule has 0 atom stereocenters. The highest BCUT2D eigenvalue weighted by Crippen LogP contribution is 2.30. The quantitative estimate of drug-likeness (QED) is 0.522. The number of thiazole rings is 1. The van der Waals surface area contributed by atoms with Crippen molar-refractivity contribution in [2.24, 2.45) is 0 Å². The van der Waals surface area contributed by atoms with Crippen LogP contribution in [0.15, 0.2) is 42.5 Å². The van der Waals surface area contributed by atoms with E-state index in [1.54, 1.807) is 11.3 Å². The van der Waals surface area contributed by atoms with Crippen LogP contribution in [0.3, 0.4) is 0 Å². The van der Waals surface area contributed by atoms with Crippen LogP contribution in [0.2, 0.25) is 0 Å². The van der Waals surface area contributed by atoms with Gasteiger partial charge >= 0.3 is 0 Å². The molecule has 4 aromatic rings. The molecule has 0 aliphatic carbocycles. The van der Waals surface area contributed by atoms with Gasteiger partial charge in [-0.1, -0.05) is 40.7 Å². The summed E-state index contributed by atoms with van der Waals surface area (Å²) >= 11 is 1.67. The summed E-state index contributed by atoms with van der Waals surface area (Å²) < 4.78 is 3.39. The molecule has 0 saturated carbocycles. The van der Waals surface area contributed by atoms with Crippen molar-refractivity contribution in [3.05, 3.63) is 53.6 Å². The van der Waals surface area contributed by atoms with Gasteiger partial charge in [0.05, 0.1) is 10.2 Å². The molecule has 2 heterocycles. The molecule has 98 valence electrons. The van der Waals surface area contributed by atoms with Gasteiger partial charge in [0.2, 0.25) is 4.96 Å². The summed E-state index contributed by atoms with van der Waals surface area (Å²) in [6.07, 6.45) is 0. The molecule has 0 saturated heterocycles. The van der Waals surface area contributed by atoms with Gasteiger partial charge < -0.3 is 0 Å². The first-order valence-electron chi connectivity index (χ1n) is 6.54. The third kappa shape index (κ3) is 1.65. The zero-order valence-corrected chi connectivity index (χ0v) is 12.1. The Kier molecular flexibility index (Phi) is 2.41. The van der Waals surface area contributed by atoms with Gasteiger partial charge in [-0.25, -0.2) is 0 Å². The van der Waals surface area contributed by atoms with E-state index in [-0.39, 0.29) is 0 Å². The molecular weight excluding hydrogens is 266 g/mol. The van der Waals surface area contributed by atoms with Crippen molar-refractivity contribution >= 4 is 26.5 Å². The van der Waals surface area contributed by atoms with Crippen molar-refractivity contribution in [2.75, 3.05) is 0 Å². The standard InChI is InChI=1S/C16H13N3S/c1-10-7-11(2)9-12(8-10)15-17-18-16-19(15)13-5-3-4-6-14(13)20-16/h3-9H,1-2H3. The minimum atomic E-state index is 0.921. The monoisotopic (exact) mass is 279 g/mol. The molecule has 0 radical (unpaired) electrons. The third-order valence-corrected chi connectivity index (χ3v) is 4.43. The van der Waals surface area contributed by atoms with Gasteiger partial charge in [0.15, 0.2) is 5.82 Å². The predicted molar refractivity (Wildman–Crippen MR) is 83.3 cm³/mol. The van der Waals surface area contributed by atoms with E-state index in [1.807, 2.05) is 0 Å². The van der Waals surface area contributed by atoms with E-state index in [0.717, 1.165) is 16.3 Å². The lowest BCUT2D eigenvalue weighted by atomic mass is 10.1. The van der Waals surface area contributed by atoms with E-state index in [9.17, 15) is 0 Å². The Labute approximate surface area is 120 Å². The molecule has 4 heteroatoms. The summed E-state index contributed by atoms with van der Waals surface area (Å²) in [4.78, 5) is 0.945. The summed E-state index contributed by atoms with van der Waals surface area (Å²) in [6.45, 7) is 4.22. The van der Waals surface area contributed by atoms with Gasteiger partial charge in [0, 0.05) is 5.56 Å². The van der Waals surface area contributed by atoms with E-state index in [1.165, 1.54) is 21.3 Å². The minimum Gasteiger partial charge on any atom is -0.265 e. The fraction of sp³-hybridized carbons (Fsp3) is 0.125. The molecule has 0 aliphatic heterocycles. The Morgan fingerprint density at radius 1 is 0.950 bits per heavy atom.